The Morgan fingerprint density at radius 3 is 2.52 bits per heavy atom. The Labute approximate surface area is 182 Å². The van der Waals surface area contributed by atoms with Crippen LogP contribution in [0.2, 0.25) is 0 Å². The van der Waals surface area contributed by atoms with E-state index in [1.165, 1.54) is 24.4 Å². The Hall–Kier alpha value is -1.14. The first kappa shape index (κ1) is 21.1. The van der Waals surface area contributed by atoms with E-state index in [0.29, 0.717) is 16.4 Å². The fourth-order valence-corrected chi connectivity index (χ4v) is 7.87. The number of allylic oxidation sites excluding steroid dienone is 4. The molecule has 0 amide bonds. The summed E-state index contributed by atoms with van der Waals surface area (Å²) in [6.07, 6.45) is 6.30. The third-order valence-electron chi connectivity index (χ3n) is 8.25. The van der Waals surface area contributed by atoms with E-state index in [1.54, 1.807) is 6.92 Å². The Balaban J connectivity index is 2.01. The van der Waals surface area contributed by atoms with Gasteiger partial charge in [0, 0.05) is 11.5 Å². The van der Waals surface area contributed by atoms with Crippen LogP contribution in [-0.2, 0) is 19.1 Å². The highest BCUT2D eigenvalue weighted by Gasteiger charge is 2.78. The maximum Gasteiger partial charge on any atom is 0.219 e. The molecule has 4 rings (SSSR count). The number of rotatable bonds is 2. The Morgan fingerprint density at radius 2 is 1.90 bits per heavy atom. The van der Waals surface area contributed by atoms with Gasteiger partial charge in [0.2, 0.25) is 10.2 Å². The minimum Gasteiger partial charge on any atom is -0.493 e. The van der Waals surface area contributed by atoms with Crippen molar-refractivity contribution >= 4 is 39.9 Å². The van der Waals surface area contributed by atoms with Gasteiger partial charge < -0.3 is 9.47 Å². The largest absolute Gasteiger partial charge is 0.493 e. The highest BCUT2D eigenvalue weighted by atomic mass is 32.2. The maximum absolute atomic E-state index is 14.2. The van der Waals surface area contributed by atoms with Gasteiger partial charge in [0.1, 0.15) is 6.10 Å². The topological polar surface area (TPSA) is 52.6 Å². The molecule has 29 heavy (non-hydrogen) atoms. The summed E-state index contributed by atoms with van der Waals surface area (Å²) in [5.41, 5.74) is 0.172. The molecule has 0 radical (unpaired) electrons. The number of Topliss-reactive ketones (excluding diaryl/α,β-unsaturated/α-hetero) is 2. The first-order chi connectivity index (χ1) is 13.7. The molecule has 4 nitrogen and oxygen atoms in total. The van der Waals surface area contributed by atoms with Gasteiger partial charge in [-0.05, 0) is 69.3 Å². The van der Waals surface area contributed by atoms with Crippen LogP contribution in [0.3, 0.4) is 0 Å². The van der Waals surface area contributed by atoms with Crippen molar-refractivity contribution in [2.45, 2.75) is 53.1 Å². The second-order valence-corrected chi connectivity index (χ2v) is 10.8. The van der Waals surface area contributed by atoms with Crippen LogP contribution in [0, 0.1) is 34.5 Å². The lowest BCUT2D eigenvalue weighted by molar-refractivity contribution is -0.186. The van der Waals surface area contributed by atoms with Crippen LogP contribution >= 0.6 is 24.0 Å². The number of carbonyl (C=O) groups excluding carboxylic acids is 2. The molecule has 158 valence electrons. The van der Waals surface area contributed by atoms with E-state index in [4.69, 9.17) is 21.7 Å². The van der Waals surface area contributed by atoms with Gasteiger partial charge in [0.25, 0.3) is 0 Å². The first-order valence-electron chi connectivity index (χ1n) is 10.4. The van der Waals surface area contributed by atoms with Gasteiger partial charge in [-0.2, -0.15) is 0 Å². The highest BCUT2D eigenvalue weighted by molar-refractivity contribution is 8.22. The number of thioether (sulfide) groups is 1. The van der Waals surface area contributed by atoms with Crippen LogP contribution < -0.4 is 0 Å². The lowest BCUT2D eigenvalue weighted by atomic mass is 9.37. The highest BCUT2D eigenvalue weighted by Crippen LogP contribution is 2.74. The molecule has 0 unspecified atom stereocenters. The van der Waals surface area contributed by atoms with Gasteiger partial charge in [0.05, 0.1) is 17.9 Å². The average Bonchev–Trinajstić information content (AvgIpc) is 2.97. The van der Waals surface area contributed by atoms with Crippen LogP contribution in [0.15, 0.2) is 23.0 Å². The molecule has 1 spiro atoms. The first-order valence-corrected chi connectivity index (χ1v) is 12.1. The van der Waals surface area contributed by atoms with Crippen molar-refractivity contribution in [1.82, 2.24) is 0 Å². The van der Waals surface area contributed by atoms with E-state index >= 15 is 0 Å². The molecule has 2 saturated carbocycles. The molecule has 0 saturated heterocycles. The summed E-state index contributed by atoms with van der Waals surface area (Å²) in [7, 11) is 1.51. The van der Waals surface area contributed by atoms with Gasteiger partial charge in [-0.25, -0.2) is 0 Å². The summed E-state index contributed by atoms with van der Waals surface area (Å²) in [6, 6.07) is 0. The minimum absolute atomic E-state index is 0.000411. The number of hydrogen-bond acceptors (Lipinski definition) is 6. The summed E-state index contributed by atoms with van der Waals surface area (Å²) in [6.45, 7) is 8.19. The quantitative estimate of drug-likeness (QED) is 0.463. The van der Waals surface area contributed by atoms with Gasteiger partial charge in [-0.15, -0.1) is 0 Å². The Morgan fingerprint density at radius 1 is 1.21 bits per heavy atom. The summed E-state index contributed by atoms with van der Waals surface area (Å²) < 4.78 is 12.3. The van der Waals surface area contributed by atoms with Crippen molar-refractivity contribution in [3.63, 3.8) is 0 Å². The summed E-state index contributed by atoms with van der Waals surface area (Å²) in [5.74, 6) is 0.676. The van der Waals surface area contributed by atoms with Crippen LogP contribution in [0.4, 0.5) is 0 Å². The van der Waals surface area contributed by atoms with E-state index in [-0.39, 0.29) is 47.1 Å². The van der Waals surface area contributed by atoms with Crippen molar-refractivity contribution in [3.8, 4) is 0 Å². The van der Waals surface area contributed by atoms with E-state index in [9.17, 15) is 9.59 Å². The molecule has 7 atom stereocenters. The normalized spacial score (nSPS) is 43.5. The third-order valence-corrected chi connectivity index (χ3v) is 9.27. The fourth-order valence-electron chi connectivity index (χ4n) is 7.52. The van der Waals surface area contributed by atoms with Gasteiger partial charge in [-0.3, -0.25) is 9.59 Å². The van der Waals surface area contributed by atoms with Crippen molar-refractivity contribution < 1.29 is 19.1 Å². The molecule has 0 heterocycles. The van der Waals surface area contributed by atoms with Gasteiger partial charge in [0.15, 0.2) is 11.5 Å². The van der Waals surface area contributed by atoms with Gasteiger partial charge in [-0.1, -0.05) is 37.3 Å². The lowest BCUT2D eigenvalue weighted by Crippen LogP contribution is -2.69. The minimum atomic E-state index is -0.758. The van der Waals surface area contributed by atoms with E-state index < -0.39 is 10.8 Å². The SMILES string of the molecule is COC1=C(C)C(=O)[C@]23[C@@H]4[C@@H](OC(=S)SC)C[C@H](C)[C@]2(CC(C)=C[C@@H]3C[C@@H]4C)C1=O. The smallest absolute Gasteiger partial charge is 0.219 e. The van der Waals surface area contributed by atoms with Crippen LogP contribution in [0.5, 0.6) is 0 Å². The van der Waals surface area contributed by atoms with Crippen LogP contribution in [-0.4, -0.2) is 35.4 Å². The van der Waals surface area contributed by atoms with Gasteiger partial charge >= 0.3 is 0 Å². The van der Waals surface area contributed by atoms with E-state index in [1.807, 2.05) is 6.26 Å². The van der Waals surface area contributed by atoms with Crippen molar-refractivity contribution in [1.29, 1.82) is 0 Å². The second kappa shape index (κ2) is 6.94. The number of carbonyl (C=O) groups is 2. The molecule has 2 fully saturated rings. The number of methoxy groups -OCH3 is 1. The van der Waals surface area contributed by atoms with E-state index in [2.05, 4.69) is 26.8 Å². The Bertz CT molecular complexity index is 859. The number of ketones is 2. The molecule has 0 aromatic carbocycles. The molecule has 0 N–H and O–H groups in total. The molecular weight excluding hydrogens is 404 g/mol. The second-order valence-electron chi connectivity index (χ2n) is 9.44. The fraction of sp³-hybridized carbons (Fsp3) is 0.696. The average molecular weight is 435 g/mol. The predicted octanol–water partition coefficient (Wildman–Crippen LogP) is 4.73. The Kier molecular flexibility index (Phi) is 5.05. The van der Waals surface area contributed by atoms with Crippen LogP contribution in [0.1, 0.15) is 47.0 Å². The molecule has 0 aromatic rings. The number of ether oxygens (including phenoxy) is 2. The summed E-state index contributed by atoms with van der Waals surface area (Å²) >= 11 is 6.82. The zero-order valence-electron chi connectivity index (χ0n) is 18.0. The summed E-state index contributed by atoms with van der Waals surface area (Å²) in [5, 5.41) is 0. The number of thiocarbonyl (C=S) groups is 1. The monoisotopic (exact) mass is 434 g/mol. The van der Waals surface area contributed by atoms with Crippen molar-refractivity contribution in [2.24, 2.45) is 34.5 Å². The predicted molar refractivity (Wildman–Crippen MR) is 118 cm³/mol. The molecule has 6 heteroatoms. The molecular formula is C23H30O4S2. The van der Waals surface area contributed by atoms with Crippen molar-refractivity contribution in [2.75, 3.05) is 13.4 Å². The third kappa shape index (κ3) is 2.42. The molecule has 0 aliphatic heterocycles. The van der Waals surface area contributed by atoms with E-state index in [0.717, 1.165) is 12.8 Å². The molecule has 0 aromatic heterocycles. The standard InChI is InChI=1S/C23H30O4S2/c1-11-7-15-8-12(2)17-16(27-21(28)29-6)9-13(3)22(10-11)20(25)18(26-5)14(4)19(24)23(15,17)22/h7,12-13,15-17H,8-10H2,1-6H3/t12-,13-,15+,16-,17-,22+,23-/m0/s1. The van der Waals surface area contributed by atoms with Crippen molar-refractivity contribution in [3.05, 3.63) is 23.0 Å². The van der Waals surface area contributed by atoms with Crippen LogP contribution in [0.25, 0.3) is 0 Å². The molecule has 4 aliphatic carbocycles. The summed E-state index contributed by atoms with van der Waals surface area (Å²) in [4.78, 5) is 28.2. The maximum atomic E-state index is 14.2. The lowest BCUT2D eigenvalue weighted by Gasteiger charge is -2.63. The zero-order valence-corrected chi connectivity index (χ0v) is 19.7. The molecule has 4 aliphatic rings. The number of hydrogen-bond donors (Lipinski definition) is 0. The molecule has 0 bridgehead atoms. The zero-order chi connectivity index (χ0) is 21.3.